The highest BCUT2D eigenvalue weighted by atomic mass is 127. The van der Waals surface area contributed by atoms with Crippen molar-refractivity contribution in [2.75, 3.05) is 6.61 Å². The summed E-state index contributed by atoms with van der Waals surface area (Å²) in [5, 5.41) is 0. The average Bonchev–Trinajstić information content (AvgIpc) is 3.34. The van der Waals surface area contributed by atoms with Crippen LogP contribution in [0, 0.1) is 11.3 Å². The van der Waals surface area contributed by atoms with E-state index < -0.39 is 21.6 Å². The van der Waals surface area contributed by atoms with E-state index >= 15 is 0 Å². The highest BCUT2D eigenvalue weighted by Crippen LogP contribution is 2.38. The van der Waals surface area contributed by atoms with Gasteiger partial charge < -0.3 is 9.47 Å². The van der Waals surface area contributed by atoms with E-state index in [-0.39, 0.29) is 41.8 Å². The molecule has 0 spiro atoms. The highest BCUT2D eigenvalue weighted by molar-refractivity contribution is 14.1. The molecule has 1 heterocycles. The minimum absolute atomic E-state index is 0.0270. The number of halogens is 1. The van der Waals surface area contributed by atoms with Crippen molar-refractivity contribution in [2.24, 2.45) is 11.3 Å². The average molecular weight is 759 g/mol. The summed E-state index contributed by atoms with van der Waals surface area (Å²) in [5.41, 5.74) is 3.51. The van der Waals surface area contributed by atoms with Crippen molar-refractivity contribution in [3.05, 3.63) is 50.6 Å². The Bertz CT molecular complexity index is 1260. The van der Waals surface area contributed by atoms with Crippen LogP contribution in [0.3, 0.4) is 0 Å². The summed E-state index contributed by atoms with van der Waals surface area (Å²) < 4.78 is 47.5. The first-order valence-electron chi connectivity index (χ1n) is 16.7. The lowest BCUT2D eigenvalue weighted by atomic mass is 9.89. The maximum Gasteiger partial charge on any atom is 0.311 e. The van der Waals surface area contributed by atoms with Gasteiger partial charge in [0.15, 0.2) is 0 Å². The summed E-state index contributed by atoms with van der Waals surface area (Å²) in [6, 6.07) is 4.10. The number of carbonyl (C=O) groups excluding carboxylic acids is 1. The zero-order valence-electron chi connectivity index (χ0n) is 29.7. The summed E-state index contributed by atoms with van der Waals surface area (Å²) in [7, 11) is -4.06. The second-order valence-corrected chi connectivity index (χ2v) is 17.6. The van der Waals surface area contributed by atoms with Crippen LogP contribution in [0.4, 0.5) is 0 Å². The summed E-state index contributed by atoms with van der Waals surface area (Å²) in [4.78, 5) is 12.4. The number of ether oxygens (including phenoxy) is 2. The molecule has 0 saturated carbocycles. The first-order valence-corrected chi connectivity index (χ1v) is 19.2. The Morgan fingerprint density at radius 1 is 1.04 bits per heavy atom. The predicted molar refractivity (Wildman–Crippen MR) is 194 cm³/mol. The van der Waals surface area contributed by atoms with Crippen LogP contribution in [0.25, 0.3) is 0 Å². The largest absolute Gasteiger partial charge is 0.465 e. The van der Waals surface area contributed by atoms with E-state index in [1.54, 1.807) is 0 Å². The Morgan fingerprint density at radius 3 is 2.09 bits per heavy atom. The van der Waals surface area contributed by atoms with Gasteiger partial charge in [0.25, 0.3) is 10.1 Å². The van der Waals surface area contributed by atoms with Crippen LogP contribution in [0.5, 0.6) is 0 Å². The molecular formula is C37H59IO6S. The van der Waals surface area contributed by atoms with Gasteiger partial charge in [-0.15, -0.1) is 0 Å². The van der Waals surface area contributed by atoms with Gasteiger partial charge in [0.05, 0.1) is 30.3 Å². The number of allylic oxidation sites excluding steroid dienone is 2. The van der Waals surface area contributed by atoms with Crippen molar-refractivity contribution >= 4 is 38.7 Å². The Kier molecular flexibility index (Phi) is 15.3. The van der Waals surface area contributed by atoms with Crippen LogP contribution in [-0.4, -0.2) is 39.3 Å². The van der Waals surface area contributed by atoms with Gasteiger partial charge in [0.2, 0.25) is 0 Å². The highest BCUT2D eigenvalue weighted by Gasteiger charge is 2.34. The van der Waals surface area contributed by atoms with Gasteiger partial charge in [0.1, 0.15) is 4.90 Å². The molecule has 0 amide bonds. The fourth-order valence-corrected chi connectivity index (χ4v) is 7.70. The number of benzene rings is 1. The molecule has 1 aliphatic heterocycles. The number of esters is 1. The third-order valence-corrected chi connectivity index (χ3v) is 11.2. The Labute approximate surface area is 288 Å². The Hall–Kier alpha value is -1.23. The molecule has 45 heavy (non-hydrogen) atoms. The SMILES string of the molecule is C=C(I)[C@H](C)C[C@@H](CC[C@@H]1O[C@@H](CCCOC(=O)C(C)(C)C)CC1=CC)OS(=O)(=O)c1c(C(C)C)cc(C(C)C)cc1C(C)C. The molecule has 4 atom stereocenters. The monoisotopic (exact) mass is 758 g/mol. The summed E-state index contributed by atoms with van der Waals surface area (Å²) in [5.74, 6) is 0.245. The number of hydrogen-bond acceptors (Lipinski definition) is 6. The van der Waals surface area contributed by atoms with Crippen molar-refractivity contribution in [2.45, 2.75) is 156 Å². The van der Waals surface area contributed by atoms with Crippen LogP contribution in [0.1, 0.15) is 149 Å². The summed E-state index contributed by atoms with van der Waals surface area (Å²) in [6.07, 6.45) is 5.69. The van der Waals surface area contributed by atoms with E-state index in [9.17, 15) is 13.2 Å². The second kappa shape index (κ2) is 17.3. The maximum absolute atomic E-state index is 14.2. The molecule has 6 nitrogen and oxygen atoms in total. The van der Waals surface area contributed by atoms with Crippen molar-refractivity contribution in [1.29, 1.82) is 0 Å². The lowest BCUT2D eigenvalue weighted by Gasteiger charge is -2.26. The molecule has 0 radical (unpaired) electrons. The number of hydrogen-bond donors (Lipinski definition) is 0. The smallest absolute Gasteiger partial charge is 0.311 e. The Morgan fingerprint density at radius 2 is 1.62 bits per heavy atom. The Balaban J connectivity index is 2.26. The van der Waals surface area contributed by atoms with Gasteiger partial charge in [-0.25, -0.2) is 0 Å². The summed E-state index contributed by atoms with van der Waals surface area (Å²) in [6.45, 7) is 26.6. The van der Waals surface area contributed by atoms with Crippen LogP contribution < -0.4 is 0 Å². The molecule has 8 heteroatoms. The zero-order chi connectivity index (χ0) is 34.3. The van der Waals surface area contributed by atoms with Crippen molar-refractivity contribution in [3.8, 4) is 0 Å². The van der Waals surface area contributed by atoms with Crippen LogP contribution in [-0.2, 0) is 28.6 Å². The molecule has 1 fully saturated rings. The molecule has 0 bridgehead atoms. The molecule has 0 aromatic heterocycles. The molecule has 0 N–H and O–H groups in total. The van der Waals surface area contributed by atoms with E-state index in [0.717, 1.165) is 39.5 Å². The van der Waals surface area contributed by atoms with Crippen molar-refractivity contribution in [3.63, 3.8) is 0 Å². The van der Waals surface area contributed by atoms with Gasteiger partial charge >= 0.3 is 5.97 Å². The number of rotatable bonds is 16. The molecule has 1 saturated heterocycles. The molecular weight excluding hydrogens is 699 g/mol. The lowest BCUT2D eigenvalue weighted by Crippen LogP contribution is -2.25. The van der Waals surface area contributed by atoms with E-state index in [4.69, 9.17) is 13.7 Å². The fourth-order valence-electron chi connectivity index (χ4n) is 5.65. The van der Waals surface area contributed by atoms with Crippen molar-refractivity contribution < 1.29 is 26.9 Å². The van der Waals surface area contributed by atoms with Gasteiger partial charge in [-0.2, -0.15) is 8.42 Å². The first-order chi connectivity index (χ1) is 20.8. The quantitative estimate of drug-likeness (QED) is 0.0549. The molecule has 2 rings (SSSR count). The second-order valence-electron chi connectivity index (χ2n) is 14.7. The summed E-state index contributed by atoms with van der Waals surface area (Å²) >= 11 is 2.23. The van der Waals surface area contributed by atoms with Crippen LogP contribution in [0.15, 0.2) is 38.8 Å². The first kappa shape index (κ1) is 39.9. The van der Waals surface area contributed by atoms with Gasteiger partial charge in [-0.05, 0) is 138 Å². The topological polar surface area (TPSA) is 78.9 Å². The molecule has 0 unspecified atom stereocenters. The van der Waals surface area contributed by atoms with Crippen molar-refractivity contribution in [1.82, 2.24) is 0 Å². The molecule has 0 aliphatic carbocycles. The van der Waals surface area contributed by atoms with E-state index in [2.05, 4.69) is 68.1 Å². The van der Waals surface area contributed by atoms with Crippen LogP contribution in [0.2, 0.25) is 0 Å². The molecule has 1 aromatic rings. The normalized spacial score (nSPS) is 19.9. The minimum atomic E-state index is -4.06. The van der Waals surface area contributed by atoms with E-state index in [0.29, 0.717) is 30.8 Å². The molecule has 256 valence electrons. The molecule has 1 aliphatic rings. The van der Waals surface area contributed by atoms with Gasteiger partial charge in [-0.1, -0.05) is 73.3 Å². The number of carbonyl (C=O) groups is 1. The van der Waals surface area contributed by atoms with E-state index in [1.807, 2.05) is 55.4 Å². The standard InChI is InChI=1S/C37H59IO6S/c1-13-28-20-30(15-14-18-42-36(39)37(10,11)12)43-34(28)17-16-31(19-26(8)27(9)38)44-45(40,41)35-32(24(4)5)21-29(23(2)3)22-33(35)25(6)7/h13,21-26,30-31,34H,9,14-20H2,1-8,10-12H3/t26-,30+,31-,34+/m1/s1. The minimum Gasteiger partial charge on any atom is -0.465 e. The zero-order valence-corrected chi connectivity index (χ0v) is 32.6. The molecule has 1 aromatic carbocycles. The van der Waals surface area contributed by atoms with E-state index in [1.165, 1.54) is 5.57 Å². The third kappa shape index (κ3) is 11.8. The van der Waals surface area contributed by atoms with Gasteiger partial charge in [-0.3, -0.25) is 8.98 Å². The third-order valence-electron chi connectivity index (χ3n) is 8.61. The fraction of sp³-hybridized carbons (Fsp3) is 0.703. The lowest BCUT2D eigenvalue weighted by molar-refractivity contribution is -0.153. The van der Waals surface area contributed by atoms with Gasteiger partial charge in [0, 0.05) is 0 Å². The van der Waals surface area contributed by atoms with Crippen LogP contribution >= 0.6 is 22.6 Å². The predicted octanol–water partition coefficient (Wildman–Crippen LogP) is 10.4. The maximum atomic E-state index is 14.2.